The zero-order valence-electron chi connectivity index (χ0n) is 24.5. The van der Waals surface area contributed by atoms with Crippen molar-refractivity contribution in [2.75, 3.05) is 56.2 Å². The van der Waals surface area contributed by atoms with Crippen molar-refractivity contribution >= 4 is 46.9 Å². The Labute approximate surface area is 251 Å². The summed E-state index contributed by atoms with van der Waals surface area (Å²) in [5.74, 6) is 0.589. The van der Waals surface area contributed by atoms with Gasteiger partial charge in [0.25, 0.3) is 0 Å². The smallest absolute Gasteiger partial charge is 0.408 e. The lowest BCUT2D eigenvalue weighted by Gasteiger charge is -2.40. The maximum Gasteiger partial charge on any atom is 0.408 e. The van der Waals surface area contributed by atoms with Crippen molar-refractivity contribution in [2.24, 2.45) is 5.73 Å². The minimum Gasteiger partial charge on any atom is -0.444 e. The number of piperidine rings is 1. The molecule has 0 aliphatic carbocycles. The van der Waals surface area contributed by atoms with Gasteiger partial charge in [-0.3, -0.25) is 4.79 Å². The molecule has 1 aliphatic rings. The second-order valence-corrected chi connectivity index (χ2v) is 12.5. The van der Waals surface area contributed by atoms with Gasteiger partial charge in [-0.2, -0.15) is 0 Å². The summed E-state index contributed by atoms with van der Waals surface area (Å²) in [6.07, 6.45) is 2.89. The lowest BCUT2D eigenvalue weighted by molar-refractivity contribution is -0.115. The van der Waals surface area contributed by atoms with Crippen molar-refractivity contribution in [1.29, 1.82) is 0 Å². The largest absolute Gasteiger partial charge is 0.444 e. The summed E-state index contributed by atoms with van der Waals surface area (Å²) in [5, 5.41) is 10.1. The number of rotatable bonds is 12. The van der Waals surface area contributed by atoms with Crippen LogP contribution in [0.15, 0.2) is 34.3 Å². The van der Waals surface area contributed by atoms with E-state index in [1.54, 1.807) is 12.3 Å². The van der Waals surface area contributed by atoms with E-state index in [1.807, 2.05) is 46.8 Å². The Bertz CT molecular complexity index is 1190. The standard InChI is InChI=1S/C28H42ClN7O4S/c1-19-25(41-21-8-6-7-20(24(21)29)34-23(37)18-31-12-16-39-15-11-30)32-17-22(33-19)36-13-9-28(5,10-14-36)35-26(38)40-27(2,3)4/h6-8,17,31H,9-16,18,30H2,1-5H3,(H,34,37)(H,35,38). The van der Waals surface area contributed by atoms with Crippen LogP contribution in [0.5, 0.6) is 0 Å². The quantitative estimate of drug-likeness (QED) is 0.262. The first kappa shape index (κ1) is 32.9. The Kier molecular flexibility index (Phi) is 12.0. The molecule has 1 aromatic heterocycles. The van der Waals surface area contributed by atoms with Crippen molar-refractivity contribution in [3.05, 3.63) is 35.1 Å². The number of nitrogens with one attached hydrogen (secondary N) is 3. The zero-order valence-corrected chi connectivity index (χ0v) is 26.1. The van der Waals surface area contributed by atoms with Crippen LogP contribution in [0.2, 0.25) is 5.02 Å². The van der Waals surface area contributed by atoms with Crippen LogP contribution < -0.4 is 26.6 Å². The van der Waals surface area contributed by atoms with Gasteiger partial charge in [0.05, 0.1) is 42.4 Å². The average Bonchev–Trinajstić information content (AvgIpc) is 2.88. The molecule has 3 rings (SSSR count). The molecule has 5 N–H and O–H groups in total. The highest BCUT2D eigenvalue weighted by molar-refractivity contribution is 7.99. The summed E-state index contributed by atoms with van der Waals surface area (Å²) in [5.41, 5.74) is 5.81. The van der Waals surface area contributed by atoms with Gasteiger partial charge in [-0.15, -0.1) is 0 Å². The maximum absolute atomic E-state index is 12.4. The topological polar surface area (TPSA) is 144 Å². The number of carbonyl (C=O) groups is 2. The third-order valence-electron chi connectivity index (χ3n) is 6.30. The molecule has 11 nitrogen and oxygen atoms in total. The Hall–Kier alpha value is -2.64. The van der Waals surface area contributed by atoms with Crippen molar-refractivity contribution in [3.8, 4) is 0 Å². The fourth-order valence-corrected chi connectivity index (χ4v) is 5.27. The number of aryl methyl sites for hydroxylation is 1. The SMILES string of the molecule is Cc1nc(N2CCC(C)(NC(=O)OC(C)(C)C)CC2)cnc1Sc1cccc(NC(=O)CNCCOCCN)c1Cl. The van der Waals surface area contributed by atoms with E-state index in [4.69, 9.17) is 31.8 Å². The fraction of sp³-hybridized carbons (Fsp3) is 0.571. The highest BCUT2D eigenvalue weighted by atomic mass is 35.5. The summed E-state index contributed by atoms with van der Waals surface area (Å²) >= 11 is 8.04. The van der Waals surface area contributed by atoms with Crippen LogP contribution in [-0.2, 0) is 14.3 Å². The number of hydrogen-bond acceptors (Lipinski definition) is 10. The molecule has 13 heteroatoms. The van der Waals surface area contributed by atoms with E-state index in [9.17, 15) is 9.59 Å². The molecule has 41 heavy (non-hydrogen) atoms. The molecule has 0 bridgehead atoms. The van der Waals surface area contributed by atoms with E-state index in [2.05, 4.69) is 25.8 Å². The first-order valence-corrected chi connectivity index (χ1v) is 14.9. The van der Waals surface area contributed by atoms with Crippen molar-refractivity contribution in [1.82, 2.24) is 20.6 Å². The van der Waals surface area contributed by atoms with Gasteiger partial charge in [-0.25, -0.2) is 14.8 Å². The van der Waals surface area contributed by atoms with Crippen molar-refractivity contribution < 1.29 is 19.1 Å². The highest BCUT2D eigenvalue weighted by Crippen LogP contribution is 2.38. The van der Waals surface area contributed by atoms with Crippen LogP contribution in [0, 0.1) is 6.92 Å². The van der Waals surface area contributed by atoms with Gasteiger partial charge >= 0.3 is 6.09 Å². The van der Waals surface area contributed by atoms with E-state index in [1.165, 1.54) is 11.8 Å². The number of benzene rings is 1. The maximum atomic E-state index is 12.4. The molecule has 1 aromatic carbocycles. The Morgan fingerprint density at radius 2 is 1.95 bits per heavy atom. The van der Waals surface area contributed by atoms with Crippen LogP contribution in [0.4, 0.5) is 16.3 Å². The third kappa shape index (κ3) is 10.6. The summed E-state index contributed by atoms with van der Waals surface area (Å²) in [7, 11) is 0. The number of halogens is 1. The van der Waals surface area contributed by atoms with E-state index in [0.29, 0.717) is 37.0 Å². The van der Waals surface area contributed by atoms with E-state index in [0.717, 1.165) is 47.4 Å². The van der Waals surface area contributed by atoms with Crippen LogP contribution in [-0.4, -0.2) is 79.0 Å². The van der Waals surface area contributed by atoms with Gasteiger partial charge < -0.3 is 36.1 Å². The normalized spacial score (nSPS) is 15.0. The molecule has 0 atom stereocenters. The fourth-order valence-electron chi connectivity index (χ4n) is 4.13. The van der Waals surface area contributed by atoms with Crippen molar-refractivity contribution in [2.45, 2.75) is 68.5 Å². The Morgan fingerprint density at radius 3 is 2.61 bits per heavy atom. The predicted molar refractivity (Wildman–Crippen MR) is 163 cm³/mol. The second kappa shape index (κ2) is 15.0. The molecule has 2 heterocycles. The first-order valence-electron chi connectivity index (χ1n) is 13.7. The number of ether oxygens (including phenoxy) is 2. The highest BCUT2D eigenvalue weighted by Gasteiger charge is 2.33. The van der Waals surface area contributed by atoms with Gasteiger partial charge in [-0.1, -0.05) is 29.4 Å². The molecular weight excluding hydrogens is 566 g/mol. The summed E-state index contributed by atoms with van der Waals surface area (Å²) < 4.78 is 10.7. The van der Waals surface area contributed by atoms with Crippen LogP contribution in [0.3, 0.4) is 0 Å². The number of aromatic nitrogens is 2. The molecule has 0 unspecified atom stereocenters. The second-order valence-electron chi connectivity index (χ2n) is 11.1. The van der Waals surface area contributed by atoms with E-state index < -0.39 is 11.7 Å². The van der Waals surface area contributed by atoms with Gasteiger partial charge in [0.2, 0.25) is 5.91 Å². The van der Waals surface area contributed by atoms with E-state index >= 15 is 0 Å². The average molecular weight is 608 g/mol. The summed E-state index contributed by atoms with van der Waals surface area (Å²) in [6.45, 7) is 13.1. The number of amides is 2. The number of alkyl carbamates (subject to hydrolysis) is 1. The summed E-state index contributed by atoms with van der Waals surface area (Å²) in [6, 6.07) is 5.48. The van der Waals surface area contributed by atoms with Gasteiger partial charge in [0.15, 0.2) is 0 Å². The molecular formula is C28H42ClN7O4S. The van der Waals surface area contributed by atoms with Crippen LogP contribution in [0.1, 0.15) is 46.2 Å². The molecule has 0 radical (unpaired) electrons. The van der Waals surface area contributed by atoms with Gasteiger partial charge in [0.1, 0.15) is 16.4 Å². The molecule has 1 aliphatic heterocycles. The molecule has 0 spiro atoms. The molecule has 1 saturated heterocycles. The molecule has 2 amide bonds. The number of nitrogens with zero attached hydrogens (tertiary/aromatic N) is 3. The molecule has 2 aromatic rings. The number of hydrogen-bond donors (Lipinski definition) is 4. The van der Waals surface area contributed by atoms with Gasteiger partial charge in [-0.05, 0) is 59.6 Å². The van der Waals surface area contributed by atoms with Crippen molar-refractivity contribution in [3.63, 3.8) is 0 Å². The Balaban J connectivity index is 1.55. The van der Waals surface area contributed by atoms with Crippen LogP contribution in [0.25, 0.3) is 0 Å². The summed E-state index contributed by atoms with van der Waals surface area (Å²) in [4.78, 5) is 37.1. The molecule has 226 valence electrons. The Morgan fingerprint density at radius 1 is 1.22 bits per heavy atom. The predicted octanol–water partition coefficient (Wildman–Crippen LogP) is 3.98. The first-order chi connectivity index (χ1) is 19.4. The lowest BCUT2D eigenvalue weighted by atomic mass is 9.90. The van der Waals surface area contributed by atoms with E-state index in [-0.39, 0.29) is 18.0 Å². The lowest BCUT2D eigenvalue weighted by Crippen LogP contribution is -2.54. The molecule has 0 saturated carbocycles. The monoisotopic (exact) mass is 607 g/mol. The zero-order chi connectivity index (χ0) is 30.0. The number of carbonyl (C=O) groups excluding carboxylic acids is 2. The third-order valence-corrected chi connectivity index (χ3v) is 7.97. The van der Waals surface area contributed by atoms with Gasteiger partial charge in [0, 0.05) is 36.6 Å². The molecule has 1 fully saturated rings. The van der Waals surface area contributed by atoms with Crippen LogP contribution >= 0.6 is 23.4 Å². The minimum atomic E-state index is -0.536. The number of nitrogens with two attached hydrogens (primary N) is 1. The number of anilines is 2. The minimum absolute atomic E-state index is 0.137.